The molecular weight excluding hydrogens is 212 g/mol. The minimum atomic E-state index is 0.648. The smallest absolute Gasteiger partial charge is 0.153 e. The van der Waals surface area contributed by atoms with Crippen molar-refractivity contribution in [3.8, 4) is 11.3 Å². The molecule has 0 saturated carbocycles. The number of aromatic nitrogens is 2. The van der Waals surface area contributed by atoms with Gasteiger partial charge in [0.1, 0.15) is 5.69 Å². The first-order valence-electron chi connectivity index (χ1n) is 5.76. The quantitative estimate of drug-likeness (QED) is 0.757. The van der Waals surface area contributed by atoms with E-state index in [4.69, 9.17) is 0 Å². The zero-order valence-corrected chi connectivity index (χ0v) is 10.4. The highest BCUT2D eigenvalue weighted by Gasteiger charge is 2.10. The Morgan fingerprint density at radius 3 is 2.65 bits per heavy atom. The van der Waals surface area contributed by atoms with Gasteiger partial charge >= 0.3 is 0 Å². The number of hydrogen-bond donors (Lipinski definition) is 0. The summed E-state index contributed by atoms with van der Waals surface area (Å²) >= 11 is 0. The molecule has 0 radical (unpaired) electrons. The fourth-order valence-electron chi connectivity index (χ4n) is 1.80. The molecule has 0 aliphatic carbocycles. The third kappa shape index (κ3) is 2.13. The maximum absolute atomic E-state index is 11.0. The summed E-state index contributed by atoms with van der Waals surface area (Å²) in [7, 11) is 0. The number of nitrogens with zero attached hydrogens (tertiary/aromatic N) is 2. The maximum Gasteiger partial charge on any atom is 0.153 e. The van der Waals surface area contributed by atoms with Crippen molar-refractivity contribution in [3.05, 3.63) is 41.1 Å². The lowest BCUT2D eigenvalue weighted by atomic mass is 10.0. The summed E-state index contributed by atoms with van der Waals surface area (Å²) in [6.45, 7) is 6.91. The second kappa shape index (κ2) is 4.53. The molecule has 2 aromatic rings. The zero-order chi connectivity index (χ0) is 12.4. The molecule has 0 fully saturated rings. The van der Waals surface area contributed by atoms with Crippen LogP contribution < -0.4 is 0 Å². The van der Waals surface area contributed by atoms with E-state index in [9.17, 15) is 4.79 Å². The van der Waals surface area contributed by atoms with E-state index in [1.165, 1.54) is 11.1 Å². The molecule has 0 atom stereocenters. The molecule has 0 aliphatic rings. The molecule has 0 amide bonds. The van der Waals surface area contributed by atoms with Gasteiger partial charge in [-0.3, -0.25) is 9.48 Å². The predicted octanol–water partition coefficient (Wildman–Crippen LogP) is 3.00. The summed E-state index contributed by atoms with van der Waals surface area (Å²) in [6.07, 6.45) is 2.65. The highest BCUT2D eigenvalue weighted by atomic mass is 16.1. The molecule has 2 rings (SSSR count). The van der Waals surface area contributed by atoms with Gasteiger partial charge in [-0.25, -0.2) is 0 Å². The molecule has 3 heteroatoms. The van der Waals surface area contributed by atoms with Gasteiger partial charge in [0.25, 0.3) is 0 Å². The molecule has 1 heterocycles. The number of aldehydes is 1. The summed E-state index contributed by atoms with van der Waals surface area (Å²) in [4.78, 5) is 11.0. The molecule has 0 unspecified atom stereocenters. The Balaban J connectivity index is 2.54. The van der Waals surface area contributed by atoms with Crippen molar-refractivity contribution in [1.29, 1.82) is 0 Å². The van der Waals surface area contributed by atoms with Crippen molar-refractivity contribution < 1.29 is 4.79 Å². The van der Waals surface area contributed by atoms with Crippen LogP contribution in [0.2, 0.25) is 0 Å². The molecular formula is C14H16N2O. The Labute approximate surface area is 101 Å². The molecule has 0 saturated heterocycles. The maximum atomic E-state index is 11.0. The van der Waals surface area contributed by atoms with Crippen LogP contribution in [0.4, 0.5) is 0 Å². The van der Waals surface area contributed by atoms with Crippen molar-refractivity contribution in [1.82, 2.24) is 9.78 Å². The summed E-state index contributed by atoms with van der Waals surface area (Å²) < 4.78 is 1.79. The number of carbonyl (C=O) groups excluding carboxylic acids is 1. The molecule has 0 N–H and O–H groups in total. The highest BCUT2D eigenvalue weighted by molar-refractivity contribution is 5.85. The van der Waals surface area contributed by atoms with Crippen LogP contribution in [0.5, 0.6) is 0 Å². The summed E-state index contributed by atoms with van der Waals surface area (Å²) in [5, 5.41) is 4.43. The predicted molar refractivity (Wildman–Crippen MR) is 68.2 cm³/mol. The van der Waals surface area contributed by atoms with E-state index in [0.717, 1.165) is 24.1 Å². The summed E-state index contributed by atoms with van der Waals surface area (Å²) in [6, 6.07) is 6.15. The third-order valence-corrected chi connectivity index (χ3v) is 3.02. The third-order valence-electron chi connectivity index (χ3n) is 3.02. The average molecular weight is 228 g/mol. The van der Waals surface area contributed by atoms with Gasteiger partial charge in [-0.15, -0.1) is 0 Å². The van der Waals surface area contributed by atoms with Gasteiger partial charge in [-0.1, -0.05) is 12.1 Å². The summed E-state index contributed by atoms with van der Waals surface area (Å²) in [5.74, 6) is 0. The van der Waals surface area contributed by atoms with Crippen molar-refractivity contribution in [3.63, 3.8) is 0 Å². The van der Waals surface area contributed by atoms with Crippen LogP contribution in [-0.4, -0.2) is 16.1 Å². The van der Waals surface area contributed by atoms with Crippen molar-refractivity contribution in [2.75, 3.05) is 0 Å². The van der Waals surface area contributed by atoms with Gasteiger partial charge in [-0.05, 0) is 38.0 Å². The first-order valence-corrected chi connectivity index (χ1v) is 5.76. The Bertz CT molecular complexity index is 555. The summed E-state index contributed by atoms with van der Waals surface area (Å²) in [5.41, 5.74) is 4.88. The standard InChI is InChI=1S/C14H16N2O/c1-4-16-8-13(9-17)14(15-16)12-6-5-10(2)11(3)7-12/h5-9H,4H2,1-3H3. The molecule has 17 heavy (non-hydrogen) atoms. The first kappa shape index (κ1) is 11.6. The van der Waals surface area contributed by atoms with Crippen LogP contribution >= 0.6 is 0 Å². The molecule has 3 nitrogen and oxygen atoms in total. The average Bonchev–Trinajstić information content (AvgIpc) is 2.76. The Hall–Kier alpha value is -1.90. The van der Waals surface area contributed by atoms with Gasteiger partial charge in [0, 0.05) is 18.3 Å². The van der Waals surface area contributed by atoms with Gasteiger partial charge in [-0.2, -0.15) is 5.10 Å². The first-order chi connectivity index (χ1) is 8.15. The lowest BCUT2D eigenvalue weighted by Gasteiger charge is -2.03. The van der Waals surface area contributed by atoms with Crippen LogP contribution in [-0.2, 0) is 6.54 Å². The van der Waals surface area contributed by atoms with E-state index in [1.807, 2.05) is 13.0 Å². The highest BCUT2D eigenvalue weighted by Crippen LogP contribution is 2.23. The zero-order valence-electron chi connectivity index (χ0n) is 10.4. The molecule has 1 aromatic carbocycles. The van der Waals surface area contributed by atoms with Crippen LogP contribution in [0.15, 0.2) is 24.4 Å². The van der Waals surface area contributed by atoms with Crippen molar-refractivity contribution >= 4 is 6.29 Å². The van der Waals surface area contributed by atoms with E-state index < -0.39 is 0 Å². The lowest BCUT2D eigenvalue weighted by molar-refractivity contribution is 0.112. The Morgan fingerprint density at radius 1 is 1.29 bits per heavy atom. The molecule has 0 spiro atoms. The second-order valence-electron chi connectivity index (χ2n) is 4.21. The number of rotatable bonds is 3. The molecule has 1 aromatic heterocycles. The lowest BCUT2D eigenvalue weighted by Crippen LogP contribution is -1.94. The van der Waals surface area contributed by atoms with Gasteiger partial charge in [0.05, 0.1) is 5.56 Å². The number of benzene rings is 1. The van der Waals surface area contributed by atoms with Gasteiger partial charge < -0.3 is 0 Å². The molecule has 0 bridgehead atoms. The fraction of sp³-hybridized carbons (Fsp3) is 0.286. The Morgan fingerprint density at radius 2 is 2.06 bits per heavy atom. The second-order valence-corrected chi connectivity index (χ2v) is 4.21. The van der Waals surface area contributed by atoms with E-state index in [1.54, 1.807) is 10.9 Å². The number of hydrogen-bond acceptors (Lipinski definition) is 2. The monoisotopic (exact) mass is 228 g/mol. The van der Waals surface area contributed by atoms with Crippen LogP contribution in [0.25, 0.3) is 11.3 Å². The van der Waals surface area contributed by atoms with Crippen LogP contribution in [0, 0.1) is 13.8 Å². The molecule has 0 aliphatic heterocycles. The number of carbonyl (C=O) groups is 1. The fourth-order valence-corrected chi connectivity index (χ4v) is 1.80. The topological polar surface area (TPSA) is 34.9 Å². The van der Waals surface area contributed by atoms with Crippen LogP contribution in [0.3, 0.4) is 0 Å². The van der Waals surface area contributed by atoms with Gasteiger partial charge in [0.15, 0.2) is 6.29 Å². The normalized spacial score (nSPS) is 10.5. The minimum Gasteiger partial charge on any atom is -0.298 e. The van der Waals surface area contributed by atoms with Gasteiger partial charge in [0.2, 0.25) is 0 Å². The minimum absolute atomic E-state index is 0.648. The van der Waals surface area contributed by atoms with Crippen molar-refractivity contribution in [2.24, 2.45) is 0 Å². The Kier molecular flexibility index (Phi) is 3.09. The van der Waals surface area contributed by atoms with E-state index in [-0.39, 0.29) is 0 Å². The van der Waals surface area contributed by atoms with Crippen LogP contribution in [0.1, 0.15) is 28.4 Å². The van der Waals surface area contributed by atoms with E-state index in [0.29, 0.717) is 5.56 Å². The van der Waals surface area contributed by atoms with E-state index >= 15 is 0 Å². The molecule has 88 valence electrons. The van der Waals surface area contributed by atoms with Crippen molar-refractivity contribution in [2.45, 2.75) is 27.3 Å². The SMILES string of the molecule is CCn1cc(C=O)c(-c2ccc(C)c(C)c2)n1. The van der Waals surface area contributed by atoms with E-state index in [2.05, 4.69) is 31.1 Å². The number of aryl methyl sites for hydroxylation is 3. The largest absolute Gasteiger partial charge is 0.298 e.